The summed E-state index contributed by atoms with van der Waals surface area (Å²) in [4.78, 5) is 27.9. The fourth-order valence-electron chi connectivity index (χ4n) is 2.84. The van der Waals surface area contributed by atoms with Crippen LogP contribution in [-0.4, -0.2) is 75.6 Å². The molecular formula is C19H23N3O5S3. The molecule has 2 amide bonds. The lowest BCUT2D eigenvalue weighted by Gasteiger charge is -2.26. The molecule has 0 saturated carbocycles. The first-order valence-corrected chi connectivity index (χ1v) is 12.7. The second-order valence-electron chi connectivity index (χ2n) is 6.56. The van der Waals surface area contributed by atoms with E-state index in [2.05, 4.69) is 5.32 Å². The van der Waals surface area contributed by atoms with Crippen molar-refractivity contribution in [2.45, 2.75) is 9.10 Å². The Kier molecular flexibility index (Phi) is 7.53. The number of ether oxygens (including phenoxy) is 1. The SMILES string of the molecule is CSc1cccc(NC(=O)CN(C)S(=O)(=O)c2ccc(C(=O)N3CCOCC3)s2)c1. The zero-order valence-corrected chi connectivity index (χ0v) is 19.1. The molecule has 1 N–H and O–H groups in total. The standard InChI is InChI=1S/C19H23N3O5S3/c1-21(13-17(23)20-14-4-3-5-15(12-14)28-2)30(25,26)18-7-6-16(29-18)19(24)22-8-10-27-11-9-22/h3-7,12H,8-11,13H2,1-2H3,(H,20,23). The summed E-state index contributed by atoms with van der Waals surface area (Å²) >= 11 is 2.46. The molecule has 11 heteroatoms. The van der Waals surface area contributed by atoms with Crippen molar-refractivity contribution < 1.29 is 22.7 Å². The monoisotopic (exact) mass is 469 g/mol. The van der Waals surface area contributed by atoms with E-state index in [1.807, 2.05) is 24.5 Å². The molecule has 0 aliphatic carbocycles. The van der Waals surface area contributed by atoms with E-state index in [1.54, 1.807) is 22.7 Å². The van der Waals surface area contributed by atoms with Crippen LogP contribution < -0.4 is 5.32 Å². The molecule has 8 nitrogen and oxygen atoms in total. The molecule has 1 aromatic heterocycles. The van der Waals surface area contributed by atoms with Crippen LogP contribution in [0.4, 0.5) is 5.69 Å². The van der Waals surface area contributed by atoms with E-state index in [0.717, 1.165) is 20.5 Å². The van der Waals surface area contributed by atoms with Crippen molar-refractivity contribution in [2.75, 3.05) is 51.5 Å². The zero-order chi connectivity index (χ0) is 21.7. The van der Waals surface area contributed by atoms with Gasteiger partial charge in [0, 0.05) is 30.7 Å². The summed E-state index contributed by atoms with van der Waals surface area (Å²) in [7, 11) is -2.55. The van der Waals surface area contributed by atoms with Crippen molar-refractivity contribution in [3.05, 3.63) is 41.3 Å². The van der Waals surface area contributed by atoms with Crippen molar-refractivity contribution in [2.24, 2.45) is 0 Å². The van der Waals surface area contributed by atoms with Gasteiger partial charge in [-0.05, 0) is 36.6 Å². The number of sulfonamides is 1. The third-order valence-corrected chi connectivity index (χ3v) is 8.54. The number of thiophene rings is 1. The van der Waals surface area contributed by atoms with Crippen LogP contribution in [0.3, 0.4) is 0 Å². The van der Waals surface area contributed by atoms with E-state index >= 15 is 0 Å². The Morgan fingerprint density at radius 1 is 1.23 bits per heavy atom. The number of benzene rings is 1. The zero-order valence-electron chi connectivity index (χ0n) is 16.7. The predicted molar refractivity (Wildman–Crippen MR) is 118 cm³/mol. The van der Waals surface area contributed by atoms with Gasteiger partial charge in [0.05, 0.1) is 24.6 Å². The number of likely N-dealkylation sites (N-methyl/N-ethyl adjacent to an activating group) is 1. The third kappa shape index (κ3) is 5.41. The Labute approximate surface area is 184 Å². The van der Waals surface area contributed by atoms with Crippen LogP contribution in [0.5, 0.6) is 0 Å². The topological polar surface area (TPSA) is 96.0 Å². The number of rotatable bonds is 7. The van der Waals surface area contributed by atoms with Gasteiger partial charge in [0.2, 0.25) is 5.91 Å². The van der Waals surface area contributed by atoms with Crippen LogP contribution in [0.25, 0.3) is 0 Å². The van der Waals surface area contributed by atoms with Crippen molar-refractivity contribution in [1.29, 1.82) is 0 Å². The molecule has 0 bridgehead atoms. The number of nitrogens with zero attached hydrogens (tertiary/aromatic N) is 2. The minimum Gasteiger partial charge on any atom is -0.378 e. The minimum atomic E-state index is -3.89. The lowest BCUT2D eigenvalue weighted by Crippen LogP contribution is -2.40. The first kappa shape index (κ1) is 22.8. The second-order valence-corrected chi connectivity index (χ2v) is 10.8. The smallest absolute Gasteiger partial charge is 0.264 e. The average molecular weight is 470 g/mol. The summed E-state index contributed by atoms with van der Waals surface area (Å²) in [6.45, 7) is 1.57. The summed E-state index contributed by atoms with van der Waals surface area (Å²) in [5.41, 5.74) is 0.604. The molecule has 30 heavy (non-hydrogen) atoms. The number of hydrogen-bond acceptors (Lipinski definition) is 7. The fraction of sp³-hybridized carbons (Fsp3) is 0.368. The molecule has 1 aliphatic heterocycles. The number of hydrogen-bond donors (Lipinski definition) is 1. The fourth-order valence-corrected chi connectivity index (χ4v) is 5.91. The van der Waals surface area contributed by atoms with E-state index < -0.39 is 15.9 Å². The lowest BCUT2D eigenvalue weighted by atomic mass is 10.3. The van der Waals surface area contributed by atoms with Gasteiger partial charge in [-0.3, -0.25) is 9.59 Å². The van der Waals surface area contributed by atoms with Gasteiger partial charge in [-0.2, -0.15) is 4.31 Å². The minimum absolute atomic E-state index is 0.0267. The lowest BCUT2D eigenvalue weighted by molar-refractivity contribution is -0.116. The molecule has 2 aromatic rings. The Morgan fingerprint density at radius 2 is 1.97 bits per heavy atom. The van der Waals surface area contributed by atoms with Crippen LogP contribution in [0.2, 0.25) is 0 Å². The Hall–Kier alpha value is -1.92. The largest absolute Gasteiger partial charge is 0.378 e. The first-order chi connectivity index (χ1) is 14.3. The highest BCUT2D eigenvalue weighted by Crippen LogP contribution is 2.26. The van der Waals surface area contributed by atoms with E-state index in [9.17, 15) is 18.0 Å². The number of amides is 2. The Bertz CT molecular complexity index is 1020. The summed E-state index contributed by atoms with van der Waals surface area (Å²) in [5.74, 6) is -0.653. The highest BCUT2D eigenvalue weighted by Gasteiger charge is 2.27. The molecule has 0 radical (unpaired) electrons. The van der Waals surface area contributed by atoms with Crippen LogP contribution >= 0.6 is 23.1 Å². The number of anilines is 1. The Morgan fingerprint density at radius 3 is 2.67 bits per heavy atom. The van der Waals surface area contributed by atoms with Crippen molar-refractivity contribution in [3.63, 3.8) is 0 Å². The normalized spacial score (nSPS) is 14.7. The van der Waals surface area contributed by atoms with Crippen LogP contribution in [0.1, 0.15) is 9.67 Å². The molecule has 1 aromatic carbocycles. The number of carbonyl (C=O) groups excluding carboxylic acids is 2. The summed E-state index contributed by atoms with van der Waals surface area (Å²) in [6.07, 6.45) is 1.93. The van der Waals surface area contributed by atoms with E-state index in [-0.39, 0.29) is 16.7 Å². The molecule has 1 saturated heterocycles. The van der Waals surface area contributed by atoms with Gasteiger partial charge >= 0.3 is 0 Å². The van der Waals surface area contributed by atoms with Crippen LogP contribution in [-0.2, 0) is 19.6 Å². The van der Waals surface area contributed by atoms with Crippen LogP contribution in [0.15, 0.2) is 45.5 Å². The van der Waals surface area contributed by atoms with Gasteiger partial charge in [-0.1, -0.05) is 6.07 Å². The Balaban J connectivity index is 1.65. The van der Waals surface area contributed by atoms with Crippen molar-refractivity contribution >= 4 is 50.6 Å². The number of nitrogens with one attached hydrogen (secondary N) is 1. The molecule has 1 aliphatic rings. The molecule has 0 spiro atoms. The molecule has 0 atom stereocenters. The van der Waals surface area contributed by atoms with Gasteiger partial charge in [0.25, 0.3) is 15.9 Å². The molecule has 0 unspecified atom stereocenters. The molecule has 1 fully saturated rings. The van der Waals surface area contributed by atoms with Gasteiger partial charge in [0.1, 0.15) is 4.21 Å². The molecule has 162 valence electrons. The quantitative estimate of drug-likeness (QED) is 0.625. The molecular weight excluding hydrogens is 446 g/mol. The highest BCUT2D eigenvalue weighted by molar-refractivity contribution is 7.98. The van der Waals surface area contributed by atoms with Gasteiger partial charge in [-0.25, -0.2) is 8.42 Å². The van der Waals surface area contributed by atoms with Crippen molar-refractivity contribution in [3.8, 4) is 0 Å². The van der Waals surface area contributed by atoms with Gasteiger partial charge < -0.3 is 15.0 Å². The summed E-state index contributed by atoms with van der Waals surface area (Å²) in [5, 5.41) is 2.71. The van der Waals surface area contributed by atoms with E-state index in [0.29, 0.717) is 36.9 Å². The van der Waals surface area contributed by atoms with E-state index in [4.69, 9.17) is 4.74 Å². The molecule has 3 rings (SSSR count). The predicted octanol–water partition coefficient (Wildman–Crippen LogP) is 2.20. The first-order valence-electron chi connectivity index (χ1n) is 9.18. The van der Waals surface area contributed by atoms with Gasteiger partial charge in [0.15, 0.2) is 0 Å². The van der Waals surface area contributed by atoms with Crippen LogP contribution in [0, 0.1) is 0 Å². The summed E-state index contributed by atoms with van der Waals surface area (Å²) in [6, 6.07) is 10.2. The van der Waals surface area contributed by atoms with Crippen molar-refractivity contribution in [1.82, 2.24) is 9.21 Å². The maximum atomic E-state index is 12.8. The second kappa shape index (κ2) is 9.92. The number of morpholine rings is 1. The van der Waals surface area contributed by atoms with Gasteiger partial charge in [-0.15, -0.1) is 23.1 Å². The number of thioether (sulfide) groups is 1. The maximum Gasteiger partial charge on any atom is 0.264 e. The highest BCUT2D eigenvalue weighted by atomic mass is 32.2. The maximum absolute atomic E-state index is 12.8. The molecule has 2 heterocycles. The number of carbonyl (C=O) groups is 2. The third-order valence-electron chi connectivity index (χ3n) is 4.47. The average Bonchev–Trinajstić information content (AvgIpc) is 3.25. The summed E-state index contributed by atoms with van der Waals surface area (Å²) < 4.78 is 31.9. The van der Waals surface area contributed by atoms with E-state index in [1.165, 1.54) is 19.2 Å².